The summed E-state index contributed by atoms with van der Waals surface area (Å²) in [6.45, 7) is 0. The molecule has 2 atom stereocenters. The van der Waals surface area contributed by atoms with Crippen LogP contribution in [0.2, 0.25) is 0 Å². The average molecular weight is 353 g/mol. The Kier molecular flexibility index (Phi) is 7.22. The number of esters is 1. The summed E-state index contributed by atoms with van der Waals surface area (Å²) in [5, 5.41) is 20.9. The number of carbonyl (C=O) groups is 2. The second-order valence-corrected chi connectivity index (χ2v) is 5.13. The van der Waals surface area contributed by atoms with Crippen LogP contribution in [0.5, 0.6) is 0 Å². The largest absolute Gasteiger partial charge is 0.464 e. The number of nitrogens with zero attached hydrogens (tertiary/aromatic N) is 1. The predicted molar refractivity (Wildman–Crippen MR) is 85.6 cm³/mol. The number of rotatable bonds is 4. The molecule has 9 nitrogen and oxygen atoms in total. The monoisotopic (exact) mass is 353 g/mol. The number of nitro groups is 1. The fourth-order valence-electron chi connectivity index (χ4n) is 2.23. The number of hydrogen-bond acceptors (Lipinski definition) is 8. The van der Waals surface area contributed by atoms with E-state index in [1.165, 1.54) is 30.3 Å². The molecular formula is C16H19NO8. The van der Waals surface area contributed by atoms with Crippen LogP contribution in [0.3, 0.4) is 0 Å². The Morgan fingerprint density at radius 2 is 1.92 bits per heavy atom. The Hall–Kier alpha value is -2.78. The highest BCUT2D eigenvalue weighted by Gasteiger charge is 2.45. The molecular weight excluding hydrogens is 334 g/mol. The summed E-state index contributed by atoms with van der Waals surface area (Å²) in [5.74, 6) is -4.03. The summed E-state index contributed by atoms with van der Waals surface area (Å²) in [6, 6.07) is 5.59. The van der Waals surface area contributed by atoms with Crippen LogP contribution in [0.1, 0.15) is 17.9 Å². The summed E-state index contributed by atoms with van der Waals surface area (Å²) < 4.78 is 13.7. The van der Waals surface area contributed by atoms with Crippen molar-refractivity contribution >= 4 is 17.9 Å². The van der Waals surface area contributed by atoms with E-state index in [0.717, 1.165) is 7.11 Å². The van der Waals surface area contributed by atoms with E-state index >= 15 is 0 Å². The zero-order valence-electron chi connectivity index (χ0n) is 14.0. The highest BCUT2D eigenvalue weighted by molar-refractivity contribution is 5.80. The Morgan fingerprint density at radius 1 is 1.36 bits per heavy atom. The molecule has 1 aromatic rings. The molecule has 136 valence electrons. The molecule has 1 aliphatic heterocycles. The molecule has 2 unspecified atom stereocenters. The highest BCUT2D eigenvalue weighted by atomic mass is 16.7. The minimum atomic E-state index is -2.27. The smallest absolute Gasteiger partial charge is 0.379 e. The molecule has 0 radical (unpaired) electrons. The Morgan fingerprint density at radius 3 is 2.36 bits per heavy atom. The quantitative estimate of drug-likeness (QED) is 0.372. The third-order valence-electron chi connectivity index (χ3n) is 3.30. The minimum absolute atomic E-state index is 0.0846. The van der Waals surface area contributed by atoms with Gasteiger partial charge in [0, 0.05) is 38.7 Å². The van der Waals surface area contributed by atoms with Gasteiger partial charge in [0.25, 0.3) is 5.69 Å². The molecule has 1 heterocycles. The lowest BCUT2D eigenvalue weighted by atomic mass is 9.89. The van der Waals surface area contributed by atoms with Gasteiger partial charge in [-0.2, -0.15) is 0 Å². The van der Waals surface area contributed by atoms with Gasteiger partial charge in [0.15, 0.2) is 12.0 Å². The van der Waals surface area contributed by atoms with E-state index in [-0.39, 0.29) is 17.9 Å². The molecule has 1 N–H and O–H groups in total. The van der Waals surface area contributed by atoms with Gasteiger partial charge in [-0.15, -0.1) is 0 Å². The van der Waals surface area contributed by atoms with Gasteiger partial charge in [-0.05, 0) is 11.6 Å². The van der Waals surface area contributed by atoms with Crippen molar-refractivity contribution in [2.75, 3.05) is 21.3 Å². The molecule has 0 spiro atoms. The van der Waals surface area contributed by atoms with Gasteiger partial charge in [0.05, 0.1) is 12.0 Å². The van der Waals surface area contributed by atoms with Crippen LogP contribution >= 0.6 is 0 Å². The summed E-state index contributed by atoms with van der Waals surface area (Å²) in [7, 11) is 4.34. The fourth-order valence-corrected chi connectivity index (χ4v) is 2.23. The number of non-ortho nitro benzene ring substituents is 1. The lowest BCUT2D eigenvalue weighted by molar-refractivity contribution is -0.384. The SMILES string of the molecule is COC.COC(=O)C1(O)CC(c2ccc([N+](=O)[O-])cc2)C=C(C=O)O1. The lowest BCUT2D eigenvalue weighted by Gasteiger charge is -2.33. The maximum absolute atomic E-state index is 11.6. The van der Waals surface area contributed by atoms with Crippen molar-refractivity contribution < 1.29 is 33.8 Å². The van der Waals surface area contributed by atoms with E-state index < -0.39 is 22.6 Å². The van der Waals surface area contributed by atoms with Crippen LogP contribution in [-0.4, -0.2) is 49.4 Å². The molecule has 0 amide bonds. The Labute approximate surface area is 144 Å². The van der Waals surface area contributed by atoms with E-state index in [9.17, 15) is 24.8 Å². The molecule has 0 bridgehead atoms. The molecule has 2 rings (SSSR count). The van der Waals surface area contributed by atoms with Crippen LogP contribution in [0.25, 0.3) is 0 Å². The normalized spacial score (nSPS) is 21.8. The predicted octanol–water partition coefficient (Wildman–Crippen LogP) is 1.31. The van der Waals surface area contributed by atoms with E-state index in [1.807, 2.05) is 0 Å². The van der Waals surface area contributed by atoms with E-state index in [4.69, 9.17) is 4.74 Å². The van der Waals surface area contributed by atoms with E-state index in [2.05, 4.69) is 9.47 Å². The maximum atomic E-state index is 11.6. The standard InChI is InChI=1S/C14H13NO7.C2H6O/c1-21-13(17)14(18)7-10(6-12(8-16)22-14)9-2-4-11(5-3-9)15(19)20;1-3-2/h2-6,8,10,18H,7H2,1H3;1-2H3. The first-order chi connectivity index (χ1) is 11.8. The number of benzene rings is 1. The van der Waals surface area contributed by atoms with Crippen molar-refractivity contribution in [3.8, 4) is 0 Å². The second kappa shape index (κ2) is 8.90. The van der Waals surface area contributed by atoms with E-state index in [1.54, 1.807) is 14.2 Å². The topological polar surface area (TPSA) is 125 Å². The fraction of sp³-hybridized carbons (Fsp3) is 0.375. The molecule has 0 saturated carbocycles. The minimum Gasteiger partial charge on any atom is -0.464 e. The number of aldehydes is 1. The molecule has 0 aliphatic carbocycles. The first-order valence-corrected chi connectivity index (χ1v) is 7.12. The van der Waals surface area contributed by atoms with Crippen LogP contribution in [0.15, 0.2) is 36.1 Å². The van der Waals surface area contributed by atoms with E-state index in [0.29, 0.717) is 11.8 Å². The number of allylic oxidation sites excluding steroid dienone is 2. The van der Waals surface area contributed by atoms with Gasteiger partial charge in [0.1, 0.15) is 0 Å². The summed E-state index contributed by atoms with van der Waals surface area (Å²) in [4.78, 5) is 32.7. The lowest BCUT2D eigenvalue weighted by Crippen LogP contribution is -2.45. The van der Waals surface area contributed by atoms with Crippen molar-refractivity contribution in [3.05, 3.63) is 51.8 Å². The Bertz CT molecular complexity index is 655. The zero-order chi connectivity index (χ0) is 19.0. The van der Waals surface area contributed by atoms with Gasteiger partial charge in [-0.3, -0.25) is 14.9 Å². The number of methoxy groups -OCH3 is 2. The average Bonchev–Trinajstić information content (AvgIpc) is 2.61. The van der Waals surface area contributed by atoms with Gasteiger partial charge in [0.2, 0.25) is 0 Å². The first-order valence-electron chi connectivity index (χ1n) is 7.12. The third-order valence-corrected chi connectivity index (χ3v) is 3.30. The van der Waals surface area contributed by atoms with Gasteiger partial charge in [-0.1, -0.05) is 12.1 Å². The molecule has 1 aliphatic rings. The molecule has 9 heteroatoms. The Balaban J connectivity index is 0.000000970. The summed E-state index contributed by atoms with van der Waals surface area (Å²) >= 11 is 0. The van der Waals surface area contributed by atoms with Crippen LogP contribution in [0, 0.1) is 10.1 Å². The second-order valence-electron chi connectivity index (χ2n) is 5.13. The van der Waals surface area contributed by atoms with Crippen LogP contribution in [-0.2, 0) is 23.8 Å². The van der Waals surface area contributed by atoms with Gasteiger partial charge in [-0.25, -0.2) is 4.79 Å². The number of aliphatic hydroxyl groups is 1. The zero-order valence-corrected chi connectivity index (χ0v) is 14.0. The van der Waals surface area contributed by atoms with Crippen molar-refractivity contribution in [2.45, 2.75) is 18.1 Å². The highest BCUT2D eigenvalue weighted by Crippen LogP contribution is 2.36. The van der Waals surface area contributed by atoms with Crippen molar-refractivity contribution in [2.24, 2.45) is 0 Å². The molecule has 0 saturated heterocycles. The van der Waals surface area contributed by atoms with Gasteiger partial charge >= 0.3 is 11.8 Å². The summed E-state index contributed by atoms with van der Waals surface area (Å²) in [6.07, 6.45) is 1.63. The van der Waals surface area contributed by atoms with Crippen LogP contribution in [0.4, 0.5) is 5.69 Å². The van der Waals surface area contributed by atoms with Crippen molar-refractivity contribution in [3.63, 3.8) is 0 Å². The van der Waals surface area contributed by atoms with Crippen molar-refractivity contribution in [1.29, 1.82) is 0 Å². The third kappa shape index (κ3) is 5.10. The maximum Gasteiger partial charge on any atom is 0.379 e. The van der Waals surface area contributed by atoms with Crippen molar-refractivity contribution in [1.82, 2.24) is 0 Å². The number of carbonyl (C=O) groups excluding carboxylic acids is 2. The summed E-state index contributed by atoms with van der Waals surface area (Å²) in [5.41, 5.74) is 0.509. The molecule has 0 aromatic heterocycles. The number of nitro benzene ring substituents is 1. The number of hydrogen-bond donors (Lipinski definition) is 1. The molecule has 1 aromatic carbocycles. The molecule has 0 fully saturated rings. The number of ether oxygens (including phenoxy) is 3. The van der Waals surface area contributed by atoms with Crippen LogP contribution < -0.4 is 0 Å². The van der Waals surface area contributed by atoms with Gasteiger partial charge < -0.3 is 19.3 Å². The molecule has 25 heavy (non-hydrogen) atoms. The first kappa shape index (κ1) is 20.3.